The molecular formula is C8H12ClNO3. The first-order valence-corrected chi connectivity index (χ1v) is 4.08. The Kier molecular flexibility index (Phi) is 4.48. The fourth-order valence-corrected chi connectivity index (χ4v) is 0.866. The van der Waals surface area contributed by atoms with Crippen molar-refractivity contribution in [3.05, 3.63) is 11.3 Å². The third kappa shape index (κ3) is 3.06. The molecule has 0 aliphatic heterocycles. The molecule has 0 aromatic carbocycles. The van der Waals surface area contributed by atoms with Crippen LogP contribution in [0.3, 0.4) is 0 Å². The summed E-state index contributed by atoms with van der Waals surface area (Å²) in [4.78, 5) is 22.4. The zero-order chi connectivity index (χ0) is 10.6. The minimum atomic E-state index is -0.785. The van der Waals surface area contributed by atoms with Crippen LogP contribution in [0, 0.1) is 0 Å². The average Bonchev–Trinajstić information content (AvgIpc) is 2.03. The number of ketones is 1. The Morgan fingerprint density at radius 3 is 2.15 bits per heavy atom. The van der Waals surface area contributed by atoms with E-state index in [-0.39, 0.29) is 11.3 Å². The molecule has 4 nitrogen and oxygen atoms in total. The molecule has 1 unspecified atom stereocenters. The molecule has 13 heavy (non-hydrogen) atoms. The van der Waals surface area contributed by atoms with E-state index >= 15 is 0 Å². The molecule has 2 N–H and O–H groups in total. The number of alkyl halides is 1. The van der Waals surface area contributed by atoms with Gasteiger partial charge >= 0.3 is 5.97 Å². The number of methoxy groups -OCH3 is 1. The number of esters is 1. The summed E-state index contributed by atoms with van der Waals surface area (Å²) in [6.07, 6.45) is 0. The second-order valence-corrected chi connectivity index (χ2v) is 3.18. The molecule has 0 saturated heterocycles. The number of carbonyl (C=O) groups excluding carboxylic acids is 2. The van der Waals surface area contributed by atoms with E-state index in [1.54, 1.807) is 0 Å². The second-order valence-electron chi connectivity index (χ2n) is 2.53. The number of Topliss-reactive ketones (excluding diaryl/α,β-unsaturated/α-hetero) is 1. The molecule has 0 aliphatic carbocycles. The van der Waals surface area contributed by atoms with Crippen LogP contribution in [0.25, 0.3) is 0 Å². The highest BCUT2D eigenvalue weighted by Crippen LogP contribution is 2.09. The Morgan fingerprint density at radius 2 is 1.92 bits per heavy atom. The molecule has 0 aromatic rings. The van der Waals surface area contributed by atoms with Gasteiger partial charge in [-0.1, -0.05) is 0 Å². The number of hydrogen-bond acceptors (Lipinski definition) is 4. The maximum absolute atomic E-state index is 11.3. The van der Waals surface area contributed by atoms with Gasteiger partial charge in [-0.05, 0) is 13.8 Å². The third-order valence-electron chi connectivity index (χ3n) is 1.39. The van der Waals surface area contributed by atoms with Gasteiger partial charge in [-0.2, -0.15) is 0 Å². The number of ether oxygens (including phenoxy) is 1. The van der Waals surface area contributed by atoms with Gasteiger partial charge in [0.15, 0.2) is 5.78 Å². The van der Waals surface area contributed by atoms with Crippen LogP contribution >= 0.6 is 11.6 Å². The molecule has 0 spiro atoms. The van der Waals surface area contributed by atoms with Gasteiger partial charge in [0.05, 0.1) is 12.5 Å². The van der Waals surface area contributed by atoms with Crippen LogP contribution in [0.5, 0.6) is 0 Å². The predicted octanol–water partition coefficient (Wildman–Crippen LogP) is 0.588. The fourth-order valence-electron chi connectivity index (χ4n) is 0.757. The van der Waals surface area contributed by atoms with E-state index in [0.717, 1.165) is 0 Å². The van der Waals surface area contributed by atoms with Crippen molar-refractivity contribution in [2.75, 3.05) is 7.11 Å². The average molecular weight is 206 g/mol. The summed E-state index contributed by atoms with van der Waals surface area (Å²) in [7, 11) is 1.18. The summed E-state index contributed by atoms with van der Waals surface area (Å²) in [6.45, 7) is 2.92. The molecule has 0 aromatic heterocycles. The summed E-state index contributed by atoms with van der Waals surface area (Å²) in [5, 5.41) is -0.785. The first-order chi connectivity index (χ1) is 5.91. The van der Waals surface area contributed by atoms with Gasteiger partial charge < -0.3 is 10.5 Å². The van der Waals surface area contributed by atoms with Crippen LogP contribution < -0.4 is 5.73 Å². The van der Waals surface area contributed by atoms with Crippen LogP contribution in [0.1, 0.15) is 13.8 Å². The van der Waals surface area contributed by atoms with Crippen molar-refractivity contribution in [3.63, 3.8) is 0 Å². The first-order valence-electron chi connectivity index (χ1n) is 3.64. The van der Waals surface area contributed by atoms with Crippen molar-refractivity contribution in [1.82, 2.24) is 0 Å². The Labute approximate surface area is 81.7 Å². The molecule has 0 radical (unpaired) electrons. The molecule has 5 heteroatoms. The smallest absolute Gasteiger partial charge is 0.343 e. The van der Waals surface area contributed by atoms with E-state index < -0.39 is 17.1 Å². The highest BCUT2D eigenvalue weighted by molar-refractivity contribution is 6.37. The zero-order valence-corrected chi connectivity index (χ0v) is 8.51. The largest absolute Gasteiger partial charge is 0.465 e. The predicted molar refractivity (Wildman–Crippen MR) is 49.2 cm³/mol. The van der Waals surface area contributed by atoms with Crippen LogP contribution in [0.4, 0.5) is 0 Å². The van der Waals surface area contributed by atoms with Crippen LogP contribution in [-0.4, -0.2) is 24.2 Å². The van der Waals surface area contributed by atoms with E-state index in [2.05, 4.69) is 4.74 Å². The molecule has 1 atom stereocenters. The van der Waals surface area contributed by atoms with Gasteiger partial charge in [0.2, 0.25) is 0 Å². The highest BCUT2D eigenvalue weighted by Gasteiger charge is 2.24. The van der Waals surface area contributed by atoms with Crippen LogP contribution in [-0.2, 0) is 14.3 Å². The van der Waals surface area contributed by atoms with E-state index in [1.807, 2.05) is 0 Å². The first kappa shape index (κ1) is 12.0. The molecule has 0 bridgehead atoms. The summed E-state index contributed by atoms with van der Waals surface area (Å²) in [6, 6.07) is 0. The number of carbonyl (C=O) groups is 2. The Balaban J connectivity index is 4.97. The topological polar surface area (TPSA) is 69.4 Å². The second kappa shape index (κ2) is 4.87. The fraction of sp³-hybridized carbons (Fsp3) is 0.500. The normalized spacial score (nSPS) is 14.5. The quantitative estimate of drug-likeness (QED) is 0.241. The molecule has 0 heterocycles. The third-order valence-corrected chi connectivity index (χ3v) is 1.59. The van der Waals surface area contributed by atoms with E-state index in [4.69, 9.17) is 17.3 Å². The van der Waals surface area contributed by atoms with Gasteiger partial charge in [-0.25, -0.2) is 4.79 Å². The van der Waals surface area contributed by atoms with Crippen molar-refractivity contribution in [2.24, 2.45) is 5.73 Å². The standard InChI is InChI=1S/C8H12ClNO3/c1-4(9)7(11)6(5(2)10)8(12)13-3/h4H,10H2,1-3H3. The lowest BCUT2D eigenvalue weighted by Gasteiger charge is -2.07. The summed E-state index contributed by atoms with van der Waals surface area (Å²) in [5.41, 5.74) is 5.29. The Morgan fingerprint density at radius 1 is 1.46 bits per heavy atom. The monoisotopic (exact) mass is 205 g/mol. The van der Waals surface area contributed by atoms with Gasteiger partial charge in [0.1, 0.15) is 5.57 Å². The lowest BCUT2D eigenvalue weighted by molar-refractivity contribution is -0.137. The van der Waals surface area contributed by atoms with Gasteiger partial charge in [-0.15, -0.1) is 11.6 Å². The maximum Gasteiger partial charge on any atom is 0.343 e. The summed E-state index contributed by atoms with van der Waals surface area (Å²) in [5.74, 6) is -1.27. The van der Waals surface area contributed by atoms with E-state index in [0.29, 0.717) is 0 Å². The minimum absolute atomic E-state index is 0.115. The molecule has 0 amide bonds. The molecule has 0 saturated carbocycles. The maximum atomic E-state index is 11.3. The van der Waals surface area contributed by atoms with Crippen molar-refractivity contribution < 1.29 is 14.3 Å². The lowest BCUT2D eigenvalue weighted by Crippen LogP contribution is -2.24. The van der Waals surface area contributed by atoms with Gasteiger partial charge in [0, 0.05) is 5.70 Å². The number of rotatable bonds is 3. The molecule has 0 fully saturated rings. The van der Waals surface area contributed by atoms with Crippen LogP contribution in [0.15, 0.2) is 11.3 Å². The number of allylic oxidation sites excluding steroid dienone is 1. The summed E-state index contributed by atoms with van der Waals surface area (Å²) < 4.78 is 4.39. The van der Waals surface area contributed by atoms with Gasteiger partial charge in [0.25, 0.3) is 0 Å². The van der Waals surface area contributed by atoms with E-state index in [1.165, 1.54) is 21.0 Å². The molecule has 0 aliphatic rings. The van der Waals surface area contributed by atoms with Crippen LogP contribution in [0.2, 0.25) is 0 Å². The number of nitrogens with two attached hydrogens (primary N) is 1. The van der Waals surface area contributed by atoms with Crippen molar-refractivity contribution >= 4 is 23.4 Å². The van der Waals surface area contributed by atoms with E-state index in [9.17, 15) is 9.59 Å². The SMILES string of the molecule is COC(=O)C(C(=O)C(C)Cl)=C(C)N. The zero-order valence-electron chi connectivity index (χ0n) is 7.76. The summed E-state index contributed by atoms with van der Waals surface area (Å²) >= 11 is 5.52. The van der Waals surface area contributed by atoms with Crippen molar-refractivity contribution in [2.45, 2.75) is 19.2 Å². The molecule has 74 valence electrons. The van der Waals surface area contributed by atoms with Crippen molar-refractivity contribution in [1.29, 1.82) is 0 Å². The minimum Gasteiger partial charge on any atom is -0.465 e. The molecular weight excluding hydrogens is 194 g/mol. The number of halogens is 1. The number of hydrogen-bond donors (Lipinski definition) is 1. The Hall–Kier alpha value is -1.03. The van der Waals surface area contributed by atoms with Gasteiger partial charge in [-0.3, -0.25) is 4.79 Å². The van der Waals surface area contributed by atoms with Crippen molar-refractivity contribution in [3.8, 4) is 0 Å². The lowest BCUT2D eigenvalue weighted by atomic mass is 10.1. The Bertz CT molecular complexity index is 254. The molecule has 0 rings (SSSR count). The highest BCUT2D eigenvalue weighted by atomic mass is 35.5.